The molecule has 23 heavy (non-hydrogen) atoms. The normalized spacial score (nSPS) is 10.9. The van der Waals surface area contributed by atoms with E-state index in [0.29, 0.717) is 0 Å². The molecule has 0 aliphatic heterocycles. The highest BCUT2D eigenvalue weighted by atomic mass is 16.1. The number of hydrogen-bond donors (Lipinski definition) is 1. The van der Waals surface area contributed by atoms with E-state index >= 15 is 0 Å². The SMILES string of the molecule is CCc1cccc(CC)c1Nc1cc(=O)n2ccccc2[n+]1C. The van der Waals surface area contributed by atoms with E-state index in [9.17, 15) is 4.79 Å². The Bertz CT molecular complexity index is 890. The molecule has 2 aromatic heterocycles. The van der Waals surface area contributed by atoms with E-state index < -0.39 is 0 Å². The molecule has 2 heterocycles. The van der Waals surface area contributed by atoms with Crippen molar-refractivity contribution in [3.05, 3.63) is 70.1 Å². The van der Waals surface area contributed by atoms with Gasteiger partial charge in [-0.3, -0.25) is 10.1 Å². The molecule has 0 unspecified atom stereocenters. The third-order valence-electron chi connectivity index (χ3n) is 4.29. The average Bonchev–Trinajstić information content (AvgIpc) is 2.59. The molecule has 0 spiro atoms. The Kier molecular flexibility index (Phi) is 4.15. The number of nitrogens with zero attached hydrogens (tertiary/aromatic N) is 2. The van der Waals surface area contributed by atoms with E-state index in [1.165, 1.54) is 11.1 Å². The molecule has 0 aliphatic rings. The Labute approximate surface area is 136 Å². The second-order valence-corrected chi connectivity index (χ2v) is 5.64. The molecule has 4 heteroatoms. The highest BCUT2D eigenvalue weighted by molar-refractivity contribution is 5.64. The van der Waals surface area contributed by atoms with Gasteiger partial charge in [0.05, 0.1) is 19.3 Å². The number of rotatable bonds is 4. The summed E-state index contributed by atoms with van der Waals surface area (Å²) in [5.74, 6) is 0.803. The molecule has 0 fully saturated rings. The van der Waals surface area contributed by atoms with Crippen molar-refractivity contribution in [1.29, 1.82) is 0 Å². The highest BCUT2D eigenvalue weighted by Crippen LogP contribution is 2.25. The summed E-state index contributed by atoms with van der Waals surface area (Å²) in [6, 6.07) is 13.8. The van der Waals surface area contributed by atoms with Crippen LogP contribution in [0.1, 0.15) is 25.0 Å². The summed E-state index contributed by atoms with van der Waals surface area (Å²) in [6.07, 6.45) is 3.69. The van der Waals surface area contributed by atoms with Crippen molar-refractivity contribution in [2.24, 2.45) is 7.05 Å². The highest BCUT2D eigenvalue weighted by Gasteiger charge is 2.16. The molecule has 1 aromatic carbocycles. The van der Waals surface area contributed by atoms with Crippen molar-refractivity contribution in [1.82, 2.24) is 4.40 Å². The van der Waals surface area contributed by atoms with Gasteiger partial charge in [-0.05, 0) is 30.0 Å². The molecule has 0 saturated carbocycles. The Morgan fingerprint density at radius 2 is 1.74 bits per heavy atom. The lowest BCUT2D eigenvalue weighted by molar-refractivity contribution is -0.633. The molecule has 0 amide bonds. The van der Waals surface area contributed by atoms with Crippen molar-refractivity contribution in [3.8, 4) is 0 Å². The predicted octanol–water partition coefficient (Wildman–Crippen LogP) is 2.99. The third kappa shape index (κ3) is 2.72. The zero-order valence-corrected chi connectivity index (χ0v) is 13.8. The summed E-state index contributed by atoms with van der Waals surface area (Å²) in [5, 5.41) is 3.49. The fraction of sp³-hybridized carbons (Fsp3) is 0.263. The maximum absolute atomic E-state index is 12.4. The van der Waals surface area contributed by atoms with E-state index in [2.05, 4.69) is 37.4 Å². The molecule has 0 bridgehead atoms. The van der Waals surface area contributed by atoms with E-state index in [0.717, 1.165) is 30.0 Å². The molecule has 0 aliphatic carbocycles. The molecule has 0 atom stereocenters. The van der Waals surface area contributed by atoms with Gasteiger partial charge in [-0.1, -0.05) is 38.1 Å². The summed E-state index contributed by atoms with van der Waals surface area (Å²) in [5.41, 5.74) is 4.46. The van der Waals surface area contributed by atoms with Crippen LogP contribution in [-0.2, 0) is 19.9 Å². The molecular formula is C19H22N3O+. The number of anilines is 2. The minimum absolute atomic E-state index is 0.0340. The minimum Gasteiger partial charge on any atom is -0.273 e. The lowest BCUT2D eigenvalue weighted by atomic mass is 10.0. The number of fused-ring (bicyclic) bond motifs is 1. The van der Waals surface area contributed by atoms with Crippen LogP contribution in [0.3, 0.4) is 0 Å². The molecule has 0 radical (unpaired) electrons. The van der Waals surface area contributed by atoms with E-state index in [1.54, 1.807) is 16.7 Å². The van der Waals surface area contributed by atoms with Crippen LogP contribution in [0.25, 0.3) is 5.65 Å². The van der Waals surface area contributed by atoms with Gasteiger partial charge in [-0.25, -0.2) is 4.57 Å². The number of pyridine rings is 1. The van der Waals surface area contributed by atoms with E-state index in [4.69, 9.17) is 0 Å². The van der Waals surface area contributed by atoms with Crippen LogP contribution in [0.2, 0.25) is 0 Å². The molecular weight excluding hydrogens is 286 g/mol. The Morgan fingerprint density at radius 1 is 1.04 bits per heavy atom. The van der Waals surface area contributed by atoms with Crippen LogP contribution in [0.4, 0.5) is 11.5 Å². The van der Waals surface area contributed by atoms with E-state index in [1.807, 2.05) is 29.8 Å². The molecule has 118 valence electrons. The monoisotopic (exact) mass is 308 g/mol. The fourth-order valence-corrected chi connectivity index (χ4v) is 2.95. The van der Waals surface area contributed by atoms with Gasteiger partial charge < -0.3 is 0 Å². The lowest BCUT2D eigenvalue weighted by Crippen LogP contribution is -2.38. The molecule has 0 saturated heterocycles. The maximum atomic E-state index is 12.4. The first-order chi connectivity index (χ1) is 11.2. The second-order valence-electron chi connectivity index (χ2n) is 5.64. The number of nitrogens with one attached hydrogen (secondary N) is 1. The van der Waals surface area contributed by atoms with Crippen molar-refractivity contribution < 1.29 is 4.57 Å². The largest absolute Gasteiger partial charge is 0.317 e. The van der Waals surface area contributed by atoms with Crippen LogP contribution in [0.15, 0.2) is 53.5 Å². The van der Waals surface area contributed by atoms with Crippen molar-refractivity contribution in [2.45, 2.75) is 26.7 Å². The molecule has 4 nitrogen and oxygen atoms in total. The second kappa shape index (κ2) is 6.24. The number of aryl methyl sites for hydroxylation is 3. The Morgan fingerprint density at radius 3 is 2.39 bits per heavy atom. The average molecular weight is 308 g/mol. The van der Waals surface area contributed by atoms with Gasteiger partial charge in [-0.15, -0.1) is 0 Å². The number of hydrogen-bond acceptors (Lipinski definition) is 2. The van der Waals surface area contributed by atoms with Crippen LogP contribution < -0.4 is 15.4 Å². The summed E-state index contributed by atoms with van der Waals surface area (Å²) < 4.78 is 3.66. The molecule has 3 rings (SSSR count). The topological polar surface area (TPSA) is 37.4 Å². The first-order valence-electron chi connectivity index (χ1n) is 8.04. The van der Waals surface area contributed by atoms with Crippen LogP contribution >= 0.6 is 0 Å². The zero-order chi connectivity index (χ0) is 16.4. The van der Waals surface area contributed by atoms with Crippen molar-refractivity contribution >= 4 is 17.2 Å². The quantitative estimate of drug-likeness (QED) is 0.752. The number of aromatic nitrogens is 2. The smallest absolute Gasteiger partial charge is 0.273 e. The van der Waals surface area contributed by atoms with Gasteiger partial charge in [0.2, 0.25) is 11.5 Å². The van der Waals surface area contributed by atoms with Gasteiger partial charge >= 0.3 is 5.56 Å². The van der Waals surface area contributed by atoms with Crippen LogP contribution in [0, 0.1) is 0 Å². The summed E-state index contributed by atoms with van der Waals surface area (Å²) in [7, 11) is 1.97. The third-order valence-corrected chi connectivity index (χ3v) is 4.29. The fourth-order valence-electron chi connectivity index (χ4n) is 2.95. The summed E-state index contributed by atoms with van der Waals surface area (Å²) in [6.45, 7) is 4.30. The van der Waals surface area contributed by atoms with Gasteiger partial charge in [0.15, 0.2) is 0 Å². The van der Waals surface area contributed by atoms with Gasteiger partial charge in [-0.2, -0.15) is 4.40 Å². The zero-order valence-electron chi connectivity index (χ0n) is 13.8. The standard InChI is InChI=1S/C19H21N3O/c1-4-14-9-8-10-15(5-2)19(14)20-16-13-18(23)22-12-7-6-11-17(22)21(16)3/h6-13H,4-5H2,1-3H3/p+1. The van der Waals surface area contributed by atoms with Gasteiger partial charge in [0, 0.05) is 6.07 Å². The number of para-hydroxylation sites is 1. The first-order valence-corrected chi connectivity index (χ1v) is 8.04. The minimum atomic E-state index is -0.0340. The van der Waals surface area contributed by atoms with Crippen LogP contribution in [0.5, 0.6) is 0 Å². The van der Waals surface area contributed by atoms with E-state index in [-0.39, 0.29) is 5.56 Å². The maximum Gasteiger partial charge on any atom is 0.317 e. The Balaban J connectivity index is 2.17. The molecule has 1 N–H and O–H groups in total. The van der Waals surface area contributed by atoms with Crippen molar-refractivity contribution in [3.63, 3.8) is 0 Å². The molecule has 3 aromatic rings. The van der Waals surface area contributed by atoms with Crippen molar-refractivity contribution in [2.75, 3.05) is 5.32 Å². The summed E-state index contributed by atoms with van der Waals surface area (Å²) >= 11 is 0. The van der Waals surface area contributed by atoms with Crippen LogP contribution in [-0.4, -0.2) is 4.40 Å². The van der Waals surface area contributed by atoms with Gasteiger partial charge in [0.25, 0.3) is 0 Å². The first kappa shape index (κ1) is 15.3. The predicted molar refractivity (Wildman–Crippen MR) is 93.3 cm³/mol. The number of benzene rings is 1. The summed E-state index contributed by atoms with van der Waals surface area (Å²) in [4.78, 5) is 12.4. The Hall–Kier alpha value is -2.62. The van der Waals surface area contributed by atoms with Gasteiger partial charge in [0.1, 0.15) is 5.69 Å². The lowest BCUT2D eigenvalue weighted by Gasteiger charge is -2.13.